The van der Waals surface area contributed by atoms with Crippen molar-refractivity contribution in [3.8, 4) is 11.5 Å². The molecule has 1 saturated carbocycles. The maximum absolute atomic E-state index is 14.4. The molecule has 3 fully saturated rings. The van der Waals surface area contributed by atoms with Crippen LogP contribution in [-0.2, 0) is 25.5 Å². The number of methoxy groups -OCH3 is 1. The number of fused-ring (bicyclic) bond motifs is 2. The zero-order valence-electron chi connectivity index (χ0n) is 32.0. The lowest BCUT2D eigenvalue weighted by Crippen LogP contribution is -2.58. The maximum Gasteiger partial charge on any atom is 0.254 e. The van der Waals surface area contributed by atoms with E-state index in [1.54, 1.807) is 41.1 Å². The highest BCUT2D eigenvalue weighted by Gasteiger charge is 2.48. The minimum atomic E-state index is -0.924. The largest absolute Gasteiger partial charge is 0.493 e. The molecule has 3 unspecified atom stereocenters. The third-order valence-electron chi connectivity index (χ3n) is 11.3. The summed E-state index contributed by atoms with van der Waals surface area (Å²) in [4.78, 5) is 62.4. The van der Waals surface area contributed by atoms with Crippen LogP contribution in [0.1, 0.15) is 68.8 Å². The highest BCUT2D eigenvalue weighted by atomic mass is 35.5. The number of aromatic nitrogens is 1. The number of hydrogen-bond donors (Lipinski definition) is 3. The molecule has 3 aliphatic rings. The summed E-state index contributed by atoms with van der Waals surface area (Å²) in [5.74, 6) is -0.609. The van der Waals surface area contributed by atoms with Crippen molar-refractivity contribution in [3.63, 3.8) is 0 Å². The van der Waals surface area contributed by atoms with Gasteiger partial charge in [0.05, 0.1) is 31.7 Å². The van der Waals surface area contributed by atoms with E-state index in [4.69, 9.17) is 25.8 Å². The third-order valence-corrected chi connectivity index (χ3v) is 11.6. The first-order valence-electron chi connectivity index (χ1n) is 19.3. The highest BCUT2D eigenvalue weighted by molar-refractivity contribution is 6.31. The zero-order valence-corrected chi connectivity index (χ0v) is 32.7. The first-order chi connectivity index (χ1) is 25.9. The van der Waals surface area contributed by atoms with Gasteiger partial charge in [-0.2, -0.15) is 0 Å². The molecule has 13 heteroatoms. The van der Waals surface area contributed by atoms with Crippen molar-refractivity contribution in [2.75, 3.05) is 46.9 Å². The molecule has 54 heavy (non-hydrogen) atoms. The molecule has 3 heterocycles. The Labute approximate surface area is 322 Å². The van der Waals surface area contributed by atoms with E-state index in [0.717, 1.165) is 29.3 Å². The van der Waals surface area contributed by atoms with Crippen molar-refractivity contribution in [3.05, 3.63) is 58.7 Å². The molecule has 292 valence electrons. The number of hydrogen-bond acceptors (Lipinski definition) is 7. The van der Waals surface area contributed by atoms with Crippen LogP contribution in [0.25, 0.3) is 10.9 Å². The second-order valence-electron chi connectivity index (χ2n) is 15.4. The van der Waals surface area contributed by atoms with Crippen LogP contribution in [0.2, 0.25) is 5.02 Å². The second-order valence-corrected chi connectivity index (χ2v) is 15.8. The molecule has 2 saturated heterocycles. The smallest absolute Gasteiger partial charge is 0.254 e. The van der Waals surface area contributed by atoms with Crippen LogP contribution in [0.4, 0.5) is 0 Å². The molecular formula is C41H54ClN5O7. The number of carbonyl (C=O) groups excluding carboxylic acids is 4. The Morgan fingerprint density at radius 1 is 0.944 bits per heavy atom. The third kappa shape index (κ3) is 8.97. The van der Waals surface area contributed by atoms with Gasteiger partial charge in [-0.25, -0.2) is 0 Å². The van der Waals surface area contributed by atoms with E-state index in [1.807, 2.05) is 39.1 Å². The number of halogens is 1. The summed E-state index contributed by atoms with van der Waals surface area (Å²) in [5.41, 5.74) is 2.12. The number of H-pyrrole nitrogens is 1. The number of carbonyl (C=O) groups is 4. The number of ether oxygens (including phenoxy) is 3. The highest BCUT2D eigenvalue weighted by Crippen LogP contribution is 2.38. The Balaban J connectivity index is 1.22. The van der Waals surface area contributed by atoms with E-state index in [2.05, 4.69) is 15.6 Å². The molecule has 2 aliphatic heterocycles. The predicted octanol–water partition coefficient (Wildman–Crippen LogP) is 5.22. The average molecular weight is 764 g/mol. The maximum atomic E-state index is 14.4. The minimum Gasteiger partial charge on any atom is -0.493 e. The summed E-state index contributed by atoms with van der Waals surface area (Å²) in [5, 5.41) is 7.22. The van der Waals surface area contributed by atoms with Crippen LogP contribution in [0.3, 0.4) is 0 Å². The van der Waals surface area contributed by atoms with Crippen molar-refractivity contribution in [1.29, 1.82) is 0 Å². The monoisotopic (exact) mass is 763 g/mol. The molecule has 3 aromatic rings. The SMILES string of the molecule is CNC(=O)[C@H](NC(=O)C1CN(C(=O)Cc2c[nH]c3cc(Cl)ccc23)CC2CN(C(=O)c3ccc(OC(C)C)c(OC)c3)CC21)[C@@H](C)OCC1CCCCC1. The number of rotatable bonds is 13. The number of benzene rings is 2. The van der Waals surface area contributed by atoms with Crippen molar-refractivity contribution in [2.24, 2.45) is 23.7 Å². The average Bonchev–Trinajstić information content (AvgIpc) is 3.79. The summed E-state index contributed by atoms with van der Waals surface area (Å²) in [6, 6.07) is 9.73. The molecular weight excluding hydrogens is 710 g/mol. The number of piperidine rings is 1. The summed E-state index contributed by atoms with van der Waals surface area (Å²) in [6.45, 7) is 7.45. The fourth-order valence-electron chi connectivity index (χ4n) is 8.39. The van der Waals surface area contributed by atoms with Gasteiger partial charge in [0.25, 0.3) is 5.91 Å². The fourth-order valence-corrected chi connectivity index (χ4v) is 8.56. The lowest BCUT2D eigenvalue weighted by atomic mass is 9.79. The summed E-state index contributed by atoms with van der Waals surface area (Å²) >= 11 is 6.20. The van der Waals surface area contributed by atoms with E-state index >= 15 is 0 Å². The van der Waals surface area contributed by atoms with Crippen LogP contribution in [-0.4, -0.2) is 104 Å². The lowest BCUT2D eigenvalue weighted by molar-refractivity contribution is -0.141. The van der Waals surface area contributed by atoms with Gasteiger partial charge in [0, 0.05) is 67.5 Å². The van der Waals surface area contributed by atoms with Gasteiger partial charge in [0.15, 0.2) is 11.5 Å². The standard InChI is InChI=1S/C41H54ClN5O7/c1-24(2)54-35-14-11-27(15-36(35)52-5)41(51)47-20-29-19-46(37(48)16-28-18-44-34-17-30(42)12-13-31(28)34)22-33(32(29)21-47)39(49)45-38(40(50)43-4)25(3)53-23-26-9-7-6-8-10-26/h11-15,17-18,24-26,29,32-33,38,44H,6-10,16,19-23H2,1-5H3,(H,43,50)(H,45,49)/t25-,29?,32?,33?,38-/m1/s1. The lowest BCUT2D eigenvalue weighted by Gasteiger charge is -2.40. The molecule has 5 atom stereocenters. The number of nitrogens with one attached hydrogen (secondary N) is 3. The summed E-state index contributed by atoms with van der Waals surface area (Å²) in [6.07, 6.45) is 7.11. The van der Waals surface area contributed by atoms with Crippen molar-refractivity contribution >= 4 is 46.1 Å². The molecule has 1 aliphatic carbocycles. The molecule has 12 nitrogen and oxygen atoms in total. The number of nitrogens with zero attached hydrogens (tertiary/aromatic N) is 2. The number of amides is 4. The Morgan fingerprint density at radius 2 is 1.70 bits per heavy atom. The Morgan fingerprint density at radius 3 is 2.43 bits per heavy atom. The first-order valence-corrected chi connectivity index (χ1v) is 19.6. The van der Waals surface area contributed by atoms with Gasteiger partial charge >= 0.3 is 0 Å². The Kier molecular flexibility index (Phi) is 12.7. The summed E-state index contributed by atoms with van der Waals surface area (Å²) in [7, 11) is 3.08. The van der Waals surface area contributed by atoms with E-state index in [9.17, 15) is 19.2 Å². The van der Waals surface area contributed by atoms with Crippen LogP contribution in [0.5, 0.6) is 11.5 Å². The van der Waals surface area contributed by atoms with Gasteiger partial charge in [0.2, 0.25) is 17.7 Å². The molecule has 4 amide bonds. The molecule has 0 bridgehead atoms. The number of likely N-dealkylation sites (N-methyl/N-ethyl adjacent to an activating group) is 1. The fraction of sp³-hybridized carbons (Fsp3) is 0.561. The van der Waals surface area contributed by atoms with Gasteiger partial charge in [-0.1, -0.05) is 36.9 Å². The van der Waals surface area contributed by atoms with E-state index in [0.29, 0.717) is 54.2 Å². The van der Waals surface area contributed by atoms with Crippen LogP contribution in [0.15, 0.2) is 42.6 Å². The number of likely N-dealkylation sites (tertiary alicyclic amines) is 2. The van der Waals surface area contributed by atoms with Crippen molar-refractivity contribution in [1.82, 2.24) is 25.4 Å². The molecule has 0 spiro atoms. The van der Waals surface area contributed by atoms with Gasteiger partial charge in [-0.05, 0) is 87.3 Å². The topological polar surface area (TPSA) is 142 Å². The zero-order chi connectivity index (χ0) is 38.5. The van der Waals surface area contributed by atoms with Crippen LogP contribution < -0.4 is 20.1 Å². The molecule has 0 radical (unpaired) electrons. The number of aromatic amines is 1. The molecule has 3 N–H and O–H groups in total. The van der Waals surface area contributed by atoms with Crippen LogP contribution >= 0.6 is 11.6 Å². The molecule has 6 rings (SSSR count). The molecule has 2 aromatic carbocycles. The predicted molar refractivity (Wildman–Crippen MR) is 207 cm³/mol. The van der Waals surface area contributed by atoms with Gasteiger partial charge in [-0.15, -0.1) is 0 Å². The minimum absolute atomic E-state index is 0.0696. The van der Waals surface area contributed by atoms with E-state index < -0.39 is 18.1 Å². The van der Waals surface area contributed by atoms with Crippen molar-refractivity contribution < 1.29 is 33.4 Å². The second kappa shape index (κ2) is 17.5. The normalized spacial score (nSPS) is 21.4. The summed E-state index contributed by atoms with van der Waals surface area (Å²) < 4.78 is 17.6. The molecule has 1 aromatic heterocycles. The van der Waals surface area contributed by atoms with Crippen LogP contribution in [0, 0.1) is 23.7 Å². The van der Waals surface area contributed by atoms with Gasteiger partial charge in [0.1, 0.15) is 6.04 Å². The van der Waals surface area contributed by atoms with E-state index in [1.165, 1.54) is 26.4 Å². The Bertz CT molecular complexity index is 1820. The quantitative estimate of drug-likeness (QED) is 0.217. The Hall–Kier alpha value is -4.29. The van der Waals surface area contributed by atoms with E-state index in [-0.39, 0.29) is 54.5 Å². The van der Waals surface area contributed by atoms with Crippen molar-refractivity contribution in [2.45, 2.75) is 77.5 Å². The van der Waals surface area contributed by atoms with Gasteiger partial charge < -0.3 is 39.6 Å². The van der Waals surface area contributed by atoms with Gasteiger partial charge in [-0.3, -0.25) is 19.2 Å². The first kappa shape index (κ1) is 39.4.